The highest BCUT2D eigenvalue weighted by molar-refractivity contribution is 5.96. The summed E-state index contributed by atoms with van der Waals surface area (Å²) >= 11 is 0. The van der Waals surface area contributed by atoms with E-state index >= 15 is 0 Å². The van der Waals surface area contributed by atoms with Gasteiger partial charge < -0.3 is 9.47 Å². The molecule has 28 heavy (non-hydrogen) atoms. The van der Waals surface area contributed by atoms with Crippen molar-refractivity contribution in [2.24, 2.45) is 13.0 Å². The zero-order chi connectivity index (χ0) is 19.1. The largest absolute Gasteiger partial charge is 0.334 e. The lowest BCUT2D eigenvalue weighted by atomic mass is 9.94. The third kappa shape index (κ3) is 3.18. The molecule has 1 amide bonds. The van der Waals surface area contributed by atoms with E-state index in [0.29, 0.717) is 11.5 Å². The van der Waals surface area contributed by atoms with E-state index in [1.807, 2.05) is 17.7 Å². The minimum absolute atomic E-state index is 0.0938. The number of amides is 1. The fraction of sp³-hybridized carbons (Fsp3) is 0.409. The number of hydrogen-bond donors (Lipinski definition) is 0. The predicted molar refractivity (Wildman–Crippen MR) is 108 cm³/mol. The van der Waals surface area contributed by atoms with Gasteiger partial charge in [-0.15, -0.1) is 0 Å². The van der Waals surface area contributed by atoms with Crippen molar-refractivity contribution in [2.75, 3.05) is 19.6 Å². The van der Waals surface area contributed by atoms with Gasteiger partial charge >= 0.3 is 0 Å². The number of hydrogen-bond acceptors (Lipinski definition) is 4. The lowest BCUT2D eigenvalue weighted by Crippen LogP contribution is -2.47. The summed E-state index contributed by atoms with van der Waals surface area (Å²) < 4.78 is 1.87. The number of benzene rings is 1. The summed E-state index contributed by atoms with van der Waals surface area (Å²) in [5.41, 5.74) is 3.57. The second kappa shape index (κ2) is 7.02. The molecule has 6 rings (SSSR count). The Balaban J connectivity index is 1.36. The van der Waals surface area contributed by atoms with E-state index in [-0.39, 0.29) is 11.9 Å². The van der Waals surface area contributed by atoms with Crippen LogP contribution in [0.1, 0.15) is 28.8 Å². The van der Waals surface area contributed by atoms with Gasteiger partial charge in [0.15, 0.2) is 5.65 Å². The van der Waals surface area contributed by atoms with Crippen LogP contribution in [0.4, 0.5) is 0 Å². The zero-order valence-electron chi connectivity index (χ0n) is 16.2. The van der Waals surface area contributed by atoms with Crippen LogP contribution in [0.3, 0.4) is 0 Å². The number of aryl methyl sites for hydroxylation is 1. The maximum atomic E-state index is 13.3. The van der Waals surface area contributed by atoms with Crippen LogP contribution in [0.25, 0.3) is 11.2 Å². The van der Waals surface area contributed by atoms with Crippen molar-refractivity contribution < 1.29 is 4.79 Å². The van der Waals surface area contributed by atoms with E-state index in [0.717, 1.165) is 43.8 Å². The van der Waals surface area contributed by atoms with E-state index in [1.165, 1.54) is 12.0 Å². The number of piperidine rings is 1. The topological polar surface area (TPSA) is 54.3 Å². The van der Waals surface area contributed by atoms with Gasteiger partial charge in [-0.1, -0.05) is 30.3 Å². The van der Waals surface area contributed by atoms with Gasteiger partial charge in [0.05, 0.1) is 11.9 Å². The summed E-state index contributed by atoms with van der Waals surface area (Å²) in [6.07, 6.45) is 5.73. The number of imidazole rings is 1. The standard InChI is InChI=1S/C22H25N5O/c1-25-15-24-20-9-18(10-23-21(20)25)22(28)27-13-17-7-8-19(27)14-26(12-17)11-16-5-3-2-4-6-16/h2-6,9-10,15,17,19H,7-8,11-14H2,1H3/t17-,19+/m1/s1. The molecule has 0 saturated carbocycles. The molecule has 0 N–H and O–H groups in total. The van der Waals surface area contributed by atoms with E-state index in [9.17, 15) is 4.79 Å². The van der Waals surface area contributed by atoms with E-state index in [1.54, 1.807) is 12.5 Å². The second-order valence-corrected chi connectivity index (χ2v) is 8.16. The molecule has 0 aliphatic carbocycles. The lowest BCUT2D eigenvalue weighted by Gasteiger charge is -2.36. The molecule has 6 heteroatoms. The van der Waals surface area contributed by atoms with Crippen molar-refractivity contribution >= 4 is 17.1 Å². The van der Waals surface area contributed by atoms with E-state index in [2.05, 4.69) is 50.1 Å². The molecule has 2 bridgehead atoms. The number of aromatic nitrogens is 3. The third-order valence-corrected chi connectivity index (χ3v) is 6.10. The van der Waals surface area contributed by atoms with Crippen molar-refractivity contribution in [1.29, 1.82) is 0 Å². The Labute approximate surface area is 164 Å². The predicted octanol–water partition coefficient (Wildman–Crippen LogP) is 2.70. The third-order valence-electron chi connectivity index (χ3n) is 6.10. The van der Waals surface area contributed by atoms with Crippen LogP contribution < -0.4 is 0 Å². The minimum atomic E-state index is 0.0938. The van der Waals surface area contributed by atoms with Crippen molar-refractivity contribution in [3.63, 3.8) is 0 Å². The Morgan fingerprint density at radius 3 is 2.82 bits per heavy atom. The van der Waals surface area contributed by atoms with Crippen LogP contribution in [-0.2, 0) is 13.6 Å². The van der Waals surface area contributed by atoms with Crippen molar-refractivity contribution in [2.45, 2.75) is 25.4 Å². The lowest BCUT2D eigenvalue weighted by molar-refractivity contribution is 0.0584. The Morgan fingerprint density at radius 2 is 1.96 bits per heavy atom. The van der Waals surface area contributed by atoms with Gasteiger partial charge in [-0.05, 0) is 30.4 Å². The molecule has 0 spiro atoms. The van der Waals surface area contributed by atoms with Crippen molar-refractivity contribution in [3.8, 4) is 0 Å². The molecular formula is C22H25N5O. The second-order valence-electron chi connectivity index (χ2n) is 8.16. The summed E-state index contributed by atoms with van der Waals surface area (Å²) in [5.74, 6) is 0.634. The van der Waals surface area contributed by atoms with E-state index in [4.69, 9.17) is 0 Å². The van der Waals surface area contributed by atoms with Gasteiger partial charge in [0.1, 0.15) is 5.52 Å². The first-order valence-corrected chi connectivity index (χ1v) is 10.0. The molecule has 3 aromatic rings. The zero-order valence-corrected chi connectivity index (χ0v) is 16.2. The Kier molecular flexibility index (Phi) is 4.36. The molecule has 3 saturated heterocycles. The number of fused-ring (bicyclic) bond motifs is 5. The fourth-order valence-corrected chi connectivity index (χ4v) is 4.70. The highest BCUT2D eigenvalue weighted by atomic mass is 16.2. The SMILES string of the molecule is Cn1cnc2cc(C(=O)N3C[C@@H]4CC[C@H]3CN(Cc3ccccc3)C4)cnc21. The smallest absolute Gasteiger partial charge is 0.255 e. The molecule has 144 valence electrons. The van der Waals surface area contributed by atoms with Crippen LogP contribution in [-0.4, -0.2) is 55.9 Å². The summed E-state index contributed by atoms with van der Waals surface area (Å²) in [7, 11) is 1.92. The number of pyridine rings is 1. The number of rotatable bonds is 3. The molecule has 2 atom stereocenters. The number of carbonyl (C=O) groups is 1. The molecule has 2 aromatic heterocycles. The maximum Gasteiger partial charge on any atom is 0.255 e. The van der Waals surface area contributed by atoms with Gasteiger partial charge in [0.2, 0.25) is 0 Å². The highest BCUT2D eigenvalue weighted by Gasteiger charge is 2.37. The maximum absolute atomic E-state index is 13.3. The van der Waals surface area contributed by atoms with Crippen LogP contribution in [0.15, 0.2) is 48.9 Å². The minimum Gasteiger partial charge on any atom is -0.334 e. The summed E-state index contributed by atoms with van der Waals surface area (Å²) in [6.45, 7) is 3.80. The Morgan fingerprint density at radius 1 is 1.11 bits per heavy atom. The molecule has 0 unspecified atom stereocenters. The summed E-state index contributed by atoms with van der Waals surface area (Å²) in [4.78, 5) is 26.7. The molecule has 5 heterocycles. The molecule has 6 nitrogen and oxygen atoms in total. The van der Waals surface area contributed by atoms with Gasteiger partial charge in [-0.2, -0.15) is 0 Å². The first-order chi connectivity index (χ1) is 13.7. The van der Waals surface area contributed by atoms with Gasteiger partial charge in [0, 0.05) is 45.5 Å². The first-order valence-electron chi connectivity index (χ1n) is 10.0. The molecule has 0 radical (unpaired) electrons. The van der Waals surface area contributed by atoms with Crippen LogP contribution >= 0.6 is 0 Å². The first kappa shape index (κ1) is 17.4. The molecule has 3 aliphatic rings. The van der Waals surface area contributed by atoms with Crippen LogP contribution in [0.2, 0.25) is 0 Å². The van der Waals surface area contributed by atoms with Gasteiger partial charge in [-0.25, -0.2) is 9.97 Å². The summed E-state index contributed by atoms with van der Waals surface area (Å²) in [6, 6.07) is 12.8. The molecule has 3 fully saturated rings. The normalized spacial score (nSPS) is 22.5. The average Bonchev–Trinajstić information content (AvgIpc) is 2.88. The van der Waals surface area contributed by atoms with Crippen molar-refractivity contribution in [3.05, 3.63) is 60.0 Å². The highest BCUT2D eigenvalue weighted by Crippen LogP contribution is 2.30. The molecule has 1 aromatic carbocycles. The van der Waals surface area contributed by atoms with Crippen LogP contribution in [0.5, 0.6) is 0 Å². The quantitative estimate of drug-likeness (QED) is 0.706. The van der Waals surface area contributed by atoms with Gasteiger partial charge in [-0.3, -0.25) is 9.69 Å². The van der Waals surface area contributed by atoms with E-state index < -0.39 is 0 Å². The van der Waals surface area contributed by atoms with Gasteiger partial charge in [0.25, 0.3) is 5.91 Å². The number of carbonyl (C=O) groups excluding carboxylic acids is 1. The monoisotopic (exact) mass is 375 g/mol. The van der Waals surface area contributed by atoms with Crippen LogP contribution in [0, 0.1) is 5.92 Å². The summed E-state index contributed by atoms with van der Waals surface area (Å²) in [5, 5.41) is 0. The fourth-order valence-electron chi connectivity index (χ4n) is 4.70. The van der Waals surface area contributed by atoms with Crippen molar-refractivity contribution in [1.82, 2.24) is 24.3 Å². The number of nitrogens with zero attached hydrogens (tertiary/aromatic N) is 5. The average molecular weight is 375 g/mol. The molecular weight excluding hydrogens is 350 g/mol. The Hall–Kier alpha value is -2.73. The molecule has 3 aliphatic heterocycles. The Bertz CT molecular complexity index is 999.